The normalized spacial score (nSPS) is 25.2. The van der Waals surface area contributed by atoms with E-state index in [1.54, 1.807) is 13.8 Å². The highest BCUT2D eigenvalue weighted by Crippen LogP contribution is 2.47. The first kappa shape index (κ1) is 18.5. The van der Waals surface area contributed by atoms with Gasteiger partial charge in [-0.15, -0.1) is 0 Å². The summed E-state index contributed by atoms with van der Waals surface area (Å²) in [5, 5.41) is 0. The lowest BCUT2D eigenvalue weighted by molar-refractivity contribution is -0.165. The third-order valence-corrected chi connectivity index (χ3v) is 4.80. The van der Waals surface area contributed by atoms with E-state index >= 15 is 0 Å². The Kier molecular flexibility index (Phi) is 6.38. The maximum atomic E-state index is 12.3. The van der Waals surface area contributed by atoms with E-state index in [0.29, 0.717) is 0 Å². The van der Waals surface area contributed by atoms with Gasteiger partial charge in [0.05, 0.1) is 32.7 Å². The molecule has 0 amide bonds. The number of carbonyl (C=O) groups is 3. The molecule has 1 aliphatic carbocycles. The van der Waals surface area contributed by atoms with E-state index in [9.17, 15) is 14.4 Å². The summed E-state index contributed by atoms with van der Waals surface area (Å²) in [6.07, 6.45) is 2.46. The summed E-state index contributed by atoms with van der Waals surface area (Å²) in [6, 6.07) is 0. The zero-order valence-corrected chi connectivity index (χ0v) is 14.0. The lowest BCUT2D eigenvalue weighted by Gasteiger charge is -2.42. The van der Waals surface area contributed by atoms with Crippen LogP contribution in [0.4, 0.5) is 0 Å². The zero-order valence-electron chi connectivity index (χ0n) is 14.0. The molecule has 0 aromatic carbocycles. The molecule has 0 N–H and O–H groups in total. The number of hydrogen-bond donors (Lipinski definition) is 0. The average molecular weight is 314 g/mol. The molecule has 1 fully saturated rings. The molecule has 22 heavy (non-hydrogen) atoms. The summed E-state index contributed by atoms with van der Waals surface area (Å²) in [5.41, 5.74) is -0.817. The fourth-order valence-electron chi connectivity index (χ4n) is 3.53. The monoisotopic (exact) mass is 314 g/mol. The first-order valence-corrected chi connectivity index (χ1v) is 7.52. The second-order valence-electron chi connectivity index (χ2n) is 6.34. The number of methoxy groups -OCH3 is 3. The van der Waals surface area contributed by atoms with Crippen molar-refractivity contribution in [2.24, 2.45) is 23.2 Å². The highest BCUT2D eigenvalue weighted by molar-refractivity contribution is 5.80. The summed E-state index contributed by atoms with van der Waals surface area (Å²) in [4.78, 5) is 36.0. The van der Waals surface area contributed by atoms with E-state index in [1.165, 1.54) is 21.3 Å². The van der Waals surface area contributed by atoms with Gasteiger partial charge in [0.15, 0.2) is 0 Å². The quantitative estimate of drug-likeness (QED) is 0.570. The van der Waals surface area contributed by atoms with E-state index in [4.69, 9.17) is 14.2 Å². The van der Waals surface area contributed by atoms with Gasteiger partial charge >= 0.3 is 17.9 Å². The summed E-state index contributed by atoms with van der Waals surface area (Å²) in [7, 11) is 3.99. The Bertz CT molecular complexity index is 428. The van der Waals surface area contributed by atoms with Crippen LogP contribution in [0.3, 0.4) is 0 Å². The fourth-order valence-corrected chi connectivity index (χ4v) is 3.53. The van der Waals surface area contributed by atoms with Crippen molar-refractivity contribution in [3.63, 3.8) is 0 Å². The average Bonchev–Trinajstić information content (AvgIpc) is 2.52. The van der Waals surface area contributed by atoms with E-state index in [0.717, 1.165) is 19.3 Å². The SMILES string of the molecule is COC(=O)C[C@H]1CCC[C@H](C(C)(C)C(=O)OC)[C@H]1C(=O)OC. The van der Waals surface area contributed by atoms with Crippen LogP contribution in [0, 0.1) is 23.2 Å². The van der Waals surface area contributed by atoms with Crippen LogP contribution in [0.1, 0.15) is 39.5 Å². The number of ether oxygens (including phenoxy) is 3. The van der Waals surface area contributed by atoms with Crippen molar-refractivity contribution in [3.8, 4) is 0 Å². The Morgan fingerprint density at radius 2 is 1.64 bits per heavy atom. The first-order chi connectivity index (χ1) is 10.3. The van der Waals surface area contributed by atoms with E-state index in [-0.39, 0.29) is 36.2 Å². The largest absolute Gasteiger partial charge is 0.469 e. The first-order valence-electron chi connectivity index (χ1n) is 7.52. The third kappa shape index (κ3) is 3.78. The molecule has 3 atom stereocenters. The van der Waals surface area contributed by atoms with Crippen molar-refractivity contribution >= 4 is 17.9 Å². The molecule has 0 radical (unpaired) electrons. The fraction of sp³-hybridized carbons (Fsp3) is 0.812. The summed E-state index contributed by atoms with van der Waals surface area (Å²) in [5.74, 6) is -2.00. The predicted molar refractivity (Wildman–Crippen MR) is 78.8 cm³/mol. The van der Waals surface area contributed by atoms with Crippen molar-refractivity contribution in [2.45, 2.75) is 39.5 Å². The summed E-state index contributed by atoms with van der Waals surface area (Å²) in [6.45, 7) is 3.56. The minimum Gasteiger partial charge on any atom is -0.469 e. The second-order valence-corrected chi connectivity index (χ2v) is 6.34. The number of hydrogen-bond acceptors (Lipinski definition) is 6. The minimum atomic E-state index is -0.817. The second kappa shape index (κ2) is 7.61. The van der Waals surface area contributed by atoms with E-state index < -0.39 is 11.3 Å². The smallest absolute Gasteiger partial charge is 0.311 e. The standard InChI is InChI=1S/C16H26O6/c1-16(2,15(19)22-5)11-8-6-7-10(9-12(17)20-3)13(11)14(18)21-4/h10-11,13H,6-9H2,1-5H3/t10-,11+,13+/m1/s1. The molecule has 0 spiro atoms. The van der Waals surface area contributed by atoms with Crippen molar-refractivity contribution < 1.29 is 28.6 Å². The van der Waals surface area contributed by atoms with Gasteiger partial charge in [-0.25, -0.2) is 0 Å². The van der Waals surface area contributed by atoms with Gasteiger partial charge < -0.3 is 14.2 Å². The van der Waals surface area contributed by atoms with Crippen LogP contribution in [0.15, 0.2) is 0 Å². The van der Waals surface area contributed by atoms with E-state index in [2.05, 4.69) is 0 Å². The Hall–Kier alpha value is -1.59. The van der Waals surface area contributed by atoms with Crippen molar-refractivity contribution in [2.75, 3.05) is 21.3 Å². The van der Waals surface area contributed by atoms with Crippen LogP contribution in [0.2, 0.25) is 0 Å². The molecule has 6 nitrogen and oxygen atoms in total. The lowest BCUT2D eigenvalue weighted by Crippen LogP contribution is -2.46. The van der Waals surface area contributed by atoms with Crippen LogP contribution in [0.5, 0.6) is 0 Å². The molecule has 0 bridgehead atoms. The Balaban J connectivity index is 3.10. The molecule has 126 valence electrons. The maximum absolute atomic E-state index is 12.3. The molecule has 0 aromatic heterocycles. The molecule has 1 rings (SSSR count). The Morgan fingerprint density at radius 3 is 2.14 bits per heavy atom. The molecule has 1 saturated carbocycles. The predicted octanol–water partition coefficient (Wildman–Crippen LogP) is 1.95. The van der Waals surface area contributed by atoms with E-state index in [1.807, 2.05) is 0 Å². The number of rotatable bonds is 5. The molecule has 1 aliphatic rings. The van der Waals surface area contributed by atoms with Crippen LogP contribution in [-0.2, 0) is 28.6 Å². The molecule has 0 saturated heterocycles. The van der Waals surface area contributed by atoms with Gasteiger partial charge in [0.2, 0.25) is 0 Å². The highest BCUT2D eigenvalue weighted by Gasteiger charge is 2.50. The van der Waals surface area contributed by atoms with Gasteiger partial charge in [-0.1, -0.05) is 6.42 Å². The van der Waals surface area contributed by atoms with Gasteiger partial charge in [-0.3, -0.25) is 14.4 Å². The lowest BCUT2D eigenvalue weighted by atomic mass is 9.61. The molecular formula is C16H26O6. The Morgan fingerprint density at radius 1 is 1.00 bits per heavy atom. The van der Waals surface area contributed by atoms with Gasteiger partial charge in [-0.05, 0) is 38.5 Å². The molecule has 6 heteroatoms. The summed E-state index contributed by atoms with van der Waals surface area (Å²) < 4.78 is 14.5. The highest BCUT2D eigenvalue weighted by atomic mass is 16.5. The molecule has 0 unspecified atom stereocenters. The van der Waals surface area contributed by atoms with Crippen LogP contribution in [0.25, 0.3) is 0 Å². The number of esters is 3. The van der Waals surface area contributed by atoms with Crippen LogP contribution >= 0.6 is 0 Å². The maximum Gasteiger partial charge on any atom is 0.311 e. The van der Waals surface area contributed by atoms with Crippen LogP contribution in [-0.4, -0.2) is 39.2 Å². The van der Waals surface area contributed by atoms with Gasteiger partial charge in [-0.2, -0.15) is 0 Å². The summed E-state index contributed by atoms with van der Waals surface area (Å²) >= 11 is 0. The number of carbonyl (C=O) groups excluding carboxylic acids is 3. The van der Waals surface area contributed by atoms with Crippen molar-refractivity contribution in [1.29, 1.82) is 0 Å². The molecule has 0 heterocycles. The van der Waals surface area contributed by atoms with Gasteiger partial charge in [0.25, 0.3) is 0 Å². The zero-order chi connectivity index (χ0) is 16.9. The molecular weight excluding hydrogens is 288 g/mol. The molecule has 0 aromatic rings. The molecule has 0 aliphatic heterocycles. The van der Waals surface area contributed by atoms with Gasteiger partial charge in [0.1, 0.15) is 0 Å². The van der Waals surface area contributed by atoms with Gasteiger partial charge in [0, 0.05) is 6.42 Å². The third-order valence-electron chi connectivity index (χ3n) is 4.80. The van der Waals surface area contributed by atoms with Crippen molar-refractivity contribution in [3.05, 3.63) is 0 Å². The Labute approximate surface area is 131 Å². The minimum absolute atomic E-state index is 0.157. The van der Waals surface area contributed by atoms with Crippen molar-refractivity contribution in [1.82, 2.24) is 0 Å². The topological polar surface area (TPSA) is 78.9 Å². The van der Waals surface area contributed by atoms with Crippen LogP contribution < -0.4 is 0 Å².